The van der Waals surface area contributed by atoms with Gasteiger partial charge in [-0.05, 0) is 40.5 Å². The van der Waals surface area contributed by atoms with E-state index >= 15 is 0 Å². The first-order chi connectivity index (χ1) is 27.6. The first kappa shape index (κ1) is 38.5. The molecule has 7 rings (SSSR count). The lowest BCUT2D eigenvalue weighted by Crippen LogP contribution is -2.48. The van der Waals surface area contributed by atoms with E-state index in [4.69, 9.17) is 23.7 Å². The molecule has 5 atom stereocenters. The molecule has 56 heavy (non-hydrogen) atoms. The zero-order valence-electron chi connectivity index (χ0n) is 31.0. The van der Waals surface area contributed by atoms with Gasteiger partial charge in [0.05, 0.1) is 39.1 Å². The lowest BCUT2D eigenvalue weighted by molar-refractivity contribution is -0.185. The first-order valence-corrected chi connectivity index (χ1v) is 18.8. The summed E-state index contributed by atoms with van der Waals surface area (Å²) in [6.45, 7) is 1.35. The van der Waals surface area contributed by atoms with Crippen LogP contribution in [0.4, 0.5) is 5.82 Å². The summed E-state index contributed by atoms with van der Waals surface area (Å²) in [5, 5.41) is 2.73. The Morgan fingerprint density at radius 2 is 1.11 bits per heavy atom. The third-order valence-corrected chi connectivity index (χ3v) is 9.51. The van der Waals surface area contributed by atoms with Crippen molar-refractivity contribution in [2.75, 3.05) is 11.9 Å². The molecule has 0 aliphatic carbocycles. The predicted octanol–water partition coefficient (Wildman–Crippen LogP) is 7.76. The third-order valence-electron chi connectivity index (χ3n) is 9.51. The minimum atomic E-state index is -0.854. The summed E-state index contributed by atoms with van der Waals surface area (Å²) in [4.78, 5) is 31.0. The average Bonchev–Trinajstić information content (AvgIpc) is 3.39. The molecule has 0 spiro atoms. The molecule has 1 N–H and O–H groups in total. The monoisotopic (exact) mass is 751 g/mol. The number of carbonyl (C=O) groups excluding carboxylic acids is 1. The maximum Gasteiger partial charge on any atom is 0.351 e. The Morgan fingerprint density at radius 1 is 0.625 bits per heavy atom. The van der Waals surface area contributed by atoms with E-state index in [2.05, 4.69) is 10.3 Å². The van der Waals surface area contributed by atoms with Gasteiger partial charge in [-0.25, -0.2) is 4.79 Å². The Labute approximate surface area is 326 Å². The zero-order chi connectivity index (χ0) is 38.4. The molecule has 1 amide bonds. The van der Waals surface area contributed by atoms with E-state index in [1.54, 1.807) is 36.5 Å². The maximum atomic E-state index is 13.8. The van der Waals surface area contributed by atoms with Crippen LogP contribution in [0.3, 0.4) is 0 Å². The standard InChI is InChI=1S/C46H45N3O7/c50-45(38-24-14-5-15-25-38)47-41-26-27-49(46(51)48-41)42-28-39(53-30-35-18-8-2-9-19-35)43(54-31-36-20-10-3-11-21-36)44(55-32-37-22-12-4-13-23-37)40(56-42)33-52-29-34-16-6-1-7-17-34/h1-27,39-40,42-44H,28-33H2,(H,47,48,50,51)/t39-,40+,42-,43+,44-/m0/s1. The van der Waals surface area contributed by atoms with E-state index in [1.165, 1.54) is 4.57 Å². The van der Waals surface area contributed by atoms with Crippen LogP contribution in [-0.4, -0.2) is 46.5 Å². The molecular weight excluding hydrogens is 707 g/mol. The highest BCUT2D eigenvalue weighted by Crippen LogP contribution is 2.33. The van der Waals surface area contributed by atoms with Crippen molar-refractivity contribution in [2.24, 2.45) is 0 Å². The fourth-order valence-corrected chi connectivity index (χ4v) is 6.63. The van der Waals surface area contributed by atoms with Crippen molar-refractivity contribution < 1.29 is 28.5 Å². The Kier molecular flexibility index (Phi) is 13.6. The van der Waals surface area contributed by atoms with E-state index < -0.39 is 36.3 Å². The van der Waals surface area contributed by atoms with Gasteiger partial charge in [-0.15, -0.1) is 0 Å². The molecule has 1 aliphatic heterocycles. The average molecular weight is 752 g/mol. The lowest BCUT2D eigenvalue weighted by atomic mass is 10.0. The number of aromatic nitrogens is 2. The van der Waals surface area contributed by atoms with E-state index in [0.717, 1.165) is 22.3 Å². The topological polar surface area (TPSA) is 110 Å². The Balaban J connectivity index is 1.23. The Hall–Kier alpha value is -5.75. The number of carbonyl (C=O) groups is 1. The van der Waals surface area contributed by atoms with Crippen LogP contribution >= 0.6 is 0 Å². The molecular formula is C46H45N3O7. The molecule has 10 nitrogen and oxygen atoms in total. The SMILES string of the molecule is O=C(Nc1ccn([C@@H]2C[C@H](OCc3ccccc3)[C@@H](OCc3ccccc3)[C@@H](OCc3ccccc3)[C@@H](COCc3ccccc3)O2)c(=O)n1)c1ccccc1. The van der Waals surface area contributed by atoms with Crippen LogP contribution < -0.4 is 11.0 Å². The molecule has 1 saturated heterocycles. The minimum Gasteiger partial charge on any atom is -0.374 e. The highest BCUT2D eigenvalue weighted by atomic mass is 16.6. The van der Waals surface area contributed by atoms with Crippen molar-refractivity contribution in [1.82, 2.24) is 9.55 Å². The summed E-state index contributed by atoms with van der Waals surface area (Å²) in [6.07, 6.45) is -1.69. The minimum absolute atomic E-state index is 0.126. The fraction of sp³-hybridized carbons (Fsp3) is 0.239. The molecule has 0 saturated carbocycles. The van der Waals surface area contributed by atoms with Gasteiger partial charge in [-0.1, -0.05) is 140 Å². The number of nitrogens with zero attached hydrogens (tertiary/aromatic N) is 2. The van der Waals surface area contributed by atoms with Crippen molar-refractivity contribution >= 4 is 11.7 Å². The Morgan fingerprint density at radius 3 is 1.64 bits per heavy atom. The first-order valence-electron chi connectivity index (χ1n) is 18.8. The van der Waals surface area contributed by atoms with Gasteiger partial charge in [0, 0.05) is 18.2 Å². The molecule has 1 fully saturated rings. The highest BCUT2D eigenvalue weighted by molar-refractivity contribution is 6.03. The van der Waals surface area contributed by atoms with Crippen LogP contribution in [0, 0.1) is 0 Å². The van der Waals surface area contributed by atoms with Crippen molar-refractivity contribution in [3.8, 4) is 0 Å². The maximum absolute atomic E-state index is 13.8. The molecule has 10 heteroatoms. The zero-order valence-corrected chi connectivity index (χ0v) is 31.0. The second kappa shape index (κ2) is 19.7. The smallest absolute Gasteiger partial charge is 0.351 e. The molecule has 1 aliphatic rings. The summed E-state index contributed by atoms with van der Waals surface area (Å²) >= 11 is 0. The van der Waals surface area contributed by atoms with Crippen molar-refractivity contribution in [3.05, 3.63) is 202 Å². The highest BCUT2D eigenvalue weighted by Gasteiger charge is 2.44. The number of hydrogen-bond donors (Lipinski definition) is 1. The van der Waals surface area contributed by atoms with Gasteiger partial charge in [0.25, 0.3) is 5.91 Å². The van der Waals surface area contributed by atoms with Gasteiger partial charge in [-0.3, -0.25) is 9.36 Å². The van der Waals surface area contributed by atoms with E-state index in [-0.39, 0.29) is 31.4 Å². The van der Waals surface area contributed by atoms with Crippen LogP contribution in [0.25, 0.3) is 0 Å². The number of amides is 1. The van der Waals surface area contributed by atoms with Crippen LogP contribution in [-0.2, 0) is 50.1 Å². The number of nitrogens with one attached hydrogen (secondary N) is 1. The molecule has 0 unspecified atom stereocenters. The number of hydrogen-bond acceptors (Lipinski definition) is 8. The number of rotatable bonds is 16. The summed E-state index contributed by atoms with van der Waals surface area (Å²) in [5.74, 6) is -0.246. The van der Waals surface area contributed by atoms with Crippen LogP contribution in [0.5, 0.6) is 0 Å². The summed E-state index contributed by atoms with van der Waals surface area (Å²) in [5.41, 5.74) is 3.81. The molecule has 5 aromatic carbocycles. The van der Waals surface area contributed by atoms with Gasteiger partial charge in [0.1, 0.15) is 30.4 Å². The van der Waals surface area contributed by atoms with Gasteiger partial charge >= 0.3 is 5.69 Å². The van der Waals surface area contributed by atoms with Crippen molar-refractivity contribution in [2.45, 2.75) is 63.5 Å². The molecule has 6 aromatic rings. The van der Waals surface area contributed by atoms with Crippen LogP contribution in [0.2, 0.25) is 0 Å². The summed E-state index contributed by atoms with van der Waals surface area (Å²) in [7, 11) is 0. The normalized spacial score (nSPS) is 19.5. The van der Waals surface area contributed by atoms with Gasteiger partial charge < -0.3 is 29.0 Å². The summed E-state index contributed by atoms with van der Waals surface area (Å²) in [6, 6.07) is 50.0. The van der Waals surface area contributed by atoms with E-state index in [9.17, 15) is 9.59 Å². The Bertz CT molecular complexity index is 2140. The quantitative estimate of drug-likeness (QED) is 0.107. The molecule has 286 valence electrons. The fourth-order valence-electron chi connectivity index (χ4n) is 6.63. The van der Waals surface area contributed by atoms with E-state index in [1.807, 2.05) is 127 Å². The number of ether oxygens (including phenoxy) is 5. The van der Waals surface area contributed by atoms with Crippen LogP contribution in [0.15, 0.2) is 169 Å². The van der Waals surface area contributed by atoms with Gasteiger partial charge in [0.2, 0.25) is 0 Å². The second-order valence-corrected chi connectivity index (χ2v) is 13.5. The number of benzene rings is 5. The molecule has 2 heterocycles. The van der Waals surface area contributed by atoms with Crippen LogP contribution in [0.1, 0.15) is 45.3 Å². The van der Waals surface area contributed by atoms with Crippen molar-refractivity contribution in [3.63, 3.8) is 0 Å². The number of anilines is 1. The molecule has 0 radical (unpaired) electrons. The molecule has 1 aromatic heterocycles. The molecule has 0 bridgehead atoms. The lowest BCUT2D eigenvalue weighted by Gasteiger charge is -2.34. The summed E-state index contributed by atoms with van der Waals surface area (Å²) < 4.78 is 35.1. The van der Waals surface area contributed by atoms with Crippen molar-refractivity contribution in [1.29, 1.82) is 0 Å². The predicted molar refractivity (Wildman–Crippen MR) is 213 cm³/mol. The second-order valence-electron chi connectivity index (χ2n) is 13.5. The third kappa shape index (κ3) is 10.7. The largest absolute Gasteiger partial charge is 0.374 e. The van der Waals surface area contributed by atoms with Gasteiger partial charge in [0.15, 0.2) is 0 Å². The van der Waals surface area contributed by atoms with E-state index in [0.29, 0.717) is 25.4 Å². The van der Waals surface area contributed by atoms with Gasteiger partial charge in [-0.2, -0.15) is 4.98 Å².